The van der Waals surface area contributed by atoms with Crippen molar-refractivity contribution >= 4 is 5.91 Å². The molecule has 0 aromatic carbocycles. The molecule has 0 radical (unpaired) electrons. The molecule has 0 saturated heterocycles. The van der Waals surface area contributed by atoms with E-state index < -0.39 is 5.91 Å². The zero-order chi connectivity index (χ0) is 14.1. The van der Waals surface area contributed by atoms with Crippen molar-refractivity contribution in [2.24, 2.45) is 5.84 Å². The van der Waals surface area contributed by atoms with Gasteiger partial charge in [-0.25, -0.2) is 5.84 Å². The first-order valence-corrected chi connectivity index (χ1v) is 5.97. The minimum absolute atomic E-state index is 0.0164. The zero-order valence-electron chi connectivity index (χ0n) is 11.6. The Morgan fingerprint density at radius 3 is 2.28 bits per heavy atom. The fraction of sp³-hybridized carbons (Fsp3) is 0.538. The summed E-state index contributed by atoms with van der Waals surface area (Å²) in [6.45, 7) is 9.93. The number of hydrogen-bond acceptors (Lipinski definition) is 3. The van der Waals surface area contributed by atoms with E-state index in [1.54, 1.807) is 4.57 Å². The van der Waals surface area contributed by atoms with Gasteiger partial charge in [-0.1, -0.05) is 20.8 Å². The van der Waals surface area contributed by atoms with Crippen molar-refractivity contribution in [3.63, 3.8) is 0 Å². The molecule has 5 heteroatoms. The van der Waals surface area contributed by atoms with Gasteiger partial charge in [0.25, 0.3) is 11.5 Å². The van der Waals surface area contributed by atoms with Crippen molar-refractivity contribution in [2.75, 3.05) is 0 Å². The molecule has 0 fully saturated rings. The van der Waals surface area contributed by atoms with Crippen LogP contribution in [-0.4, -0.2) is 10.5 Å². The largest absolute Gasteiger partial charge is 0.309 e. The molecule has 18 heavy (non-hydrogen) atoms. The minimum atomic E-state index is -0.560. The first-order chi connectivity index (χ1) is 8.20. The molecule has 0 unspecified atom stereocenters. The zero-order valence-corrected chi connectivity index (χ0v) is 11.6. The quantitative estimate of drug-likeness (QED) is 0.473. The number of pyridine rings is 1. The number of nitrogens with zero attached hydrogens (tertiary/aromatic N) is 1. The van der Waals surface area contributed by atoms with Crippen LogP contribution in [0.5, 0.6) is 0 Å². The van der Waals surface area contributed by atoms with E-state index in [0.717, 1.165) is 5.69 Å². The fourth-order valence-corrected chi connectivity index (χ4v) is 1.93. The Kier molecular flexibility index (Phi) is 3.96. The molecule has 1 aromatic rings. The second kappa shape index (κ2) is 4.94. The molecular formula is C13H21N3O2. The molecule has 100 valence electrons. The summed E-state index contributed by atoms with van der Waals surface area (Å²) < 4.78 is 1.64. The average Bonchev–Trinajstić information content (AvgIpc) is 2.25. The third-order valence-electron chi connectivity index (χ3n) is 2.78. The van der Waals surface area contributed by atoms with Gasteiger partial charge in [0, 0.05) is 17.2 Å². The van der Waals surface area contributed by atoms with Crippen LogP contribution in [0, 0.1) is 0 Å². The van der Waals surface area contributed by atoms with E-state index in [4.69, 9.17) is 5.84 Å². The Bertz CT molecular complexity index is 510. The van der Waals surface area contributed by atoms with Gasteiger partial charge < -0.3 is 4.57 Å². The number of carbonyl (C=O) groups excluding carboxylic acids is 1. The van der Waals surface area contributed by atoms with Gasteiger partial charge in [-0.15, -0.1) is 0 Å². The third kappa shape index (κ3) is 2.61. The Labute approximate surface area is 107 Å². The van der Waals surface area contributed by atoms with Gasteiger partial charge in [0.05, 0.1) is 0 Å². The number of nitrogen functional groups attached to an aromatic ring is 1. The highest BCUT2D eigenvalue weighted by molar-refractivity contribution is 5.93. The maximum atomic E-state index is 12.3. The molecule has 0 spiro atoms. The summed E-state index contributed by atoms with van der Waals surface area (Å²) in [5.41, 5.74) is 2.49. The van der Waals surface area contributed by atoms with Crippen molar-refractivity contribution in [1.82, 2.24) is 9.99 Å². The Hall–Kier alpha value is -1.62. The maximum Gasteiger partial charge on any atom is 0.270 e. The van der Waals surface area contributed by atoms with Crippen LogP contribution in [0.3, 0.4) is 0 Å². The monoisotopic (exact) mass is 251 g/mol. The molecule has 1 amide bonds. The highest BCUT2D eigenvalue weighted by atomic mass is 16.2. The molecule has 3 N–H and O–H groups in total. The fourth-order valence-electron chi connectivity index (χ4n) is 1.93. The normalized spacial score (nSPS) is 11.7. The molecule has 1 rings (SSSR count). The Morgan fingerprint density at radius 2 is 1.89 bits per heavy atom. The lowest BCUT2D eigenvalue weighted by atomic mass is 9.90. The van der Waals surface area contributed by atoms with E-state index >= 15 is 0 Å². The van der Waals surface area contributed by atoms with E-state index in [1.807, 2.05) is 46.1 Å². The number of amides is 1. The molecule has 0 aliphatic rings. The number of rotatable bonds is 2. The molecule has 5 nitrogen and oxygen atoms in total. The maximum absolute atomic E-state index is 12.3. The Morgan fingerprint density at radius 1 is 1.33 bits per heavy atom. The van der Waals surface area contributed by atoms with Crippen LogP contribution in [0.4, 0.5) is 0 Å². The van der Waals surface area contributed by atoms with Crippen LogP contribution in [0.2, 0.25) is 0 Å². The van der Waals surface area contributed by atoms with E-state index in [0.29, 0.717) is 0 Å². The highest BCUT2D eigenvalue weighted by Gasteiger charge is 2.23. The minimum Gasteiger partial charge on any atom is -0.309 e. The molecule has 1 aromatic heterocycles. The Balaban J connectivity index is 3.59. The third-order valence-corrected chi connectivity index (χ3v) is 2.78. The summed E-state index contributed by atoms with van der Waals surface area (Å²) >= 11 is 0. The molecule has 0 bridgehead atoms. The number of nitrogens with two attached hydrogens (primary N) is 1. The highest BCUT2D eigenvalue weighted by Crippen LogP contribution is 2.23. The predicted molar refractivity (Wildman–Crippen MR) is 71.4 cm³/mol. The lowest BCUT2D eigenvalue weighted by Crippen LogP contribution is -2.39. The summed E-state index contributed by atoms with van der Waals surface area (Å²) in [5, 5.41) is 0. The van der Waals surface area contributed by atoms with Gasteiger partial charge in [0.15, 0.2) is 0 Å². The summed E-state index contributed by atoms with van der Waals surface area (Å²) in [6.07, 6.45) is 0. The van der Waals surface area contributed by atoms with Crippen molar-refractivity contribution in [3.8, 4) is 0 Å². The first-order valence-electron chi connectivity index (χ1n) is 5.97. The summed E-state index contributed by atoms with van der Waals surface area (Å²) in [7, 11) is 0. The van der Waals surface area contributed by atoms with E-state index in [2.05, 4.69) is 0 Å². The number of nitrogens with one attached hydrogen (secondary N) is 1. The van der Waals surface area contributed by atoms with Gasteiger partial charge in [-0.2, -0.15) is 0 Å². The van der Waals surface area contributed by atoms with Gasteiger partial charge in [0.1, 0.15) is 5.56 Å². The van der Waals surface area contributed by atoms with Crippen molar-refractivity contribution in [2.45, 2.75) is 46.1 Å². The van der Waals surface area contributed by atoms with Crippen molar-refractivity contribution in [1.29, 1.82) is 0 Å². The lowest BCUT2D eigenvalue weighted by molar-refractivity contribution is 0.0951. The van der Waals surface area contributed by atoms with Gasteiger partial charge >= 0.3 is 0 Å². The molecule has 1 heterocycles. The summed E-state index contributed by atoms with van der Waals surface area (Å²) in [4.78, 5) is 23.8. The lowest BCUT2D eigenvalue weighted by Gasteiger charge is -2.26. The van der Waals surface area contributed by atoms with Gasteiger partial charge in [0.2, 0.25) is 0 Å². The van der Waals surface area contributed by atoms with Crippen LogP contribution >= 0.6 is 0 Å². The van der Waals surface area contributed by atoms with Gasteiger partial charge in [-0.05, 0) is 26.0 Å². The van der Waals surface area contributed by atoms with E-state index in [1.165, 1.54) is 6.07 Å². The smallest absolute Gasteiger partial charge is 0.270 e. The van der Waals surface area contributed by atoms with Gasteiger partial charge in [-0.3, -0.25) is 15.0 Å². The summed E-state index contributed by atoms with van der Waals surface area (Å²) in [5.74, 6) is 4.51. The second-order valence-electron chi connectivity index (χ2n) is 5.62. The SMILES string of the molecule is CC(C)n1c(C(C)(C)C)ccc(C(=O)NN)c1=O. The predicted octanol–water partition coefficient (Wildman–Crippen LogP) is 1.33. The second-order valence-corrected chi connectivity index (χ2v) is 5.62. The average molecular weight is 251 g/mol. The number of hydrazine groups is 1. The summed E-state index contributed by atoms with van der Waals surface area (Å²) in [6, 6.07) is 3.33. The molecule has 0 aliphatic carbocycles. The van der Waals surface area contributed by atoms with Crippen molar-refractivity contribution in [3.05, 3.63) is 33.7 Å². The van der Waals surface area contributed by atoms with Crippen LogP contribution < -0.4 is 16.8 Å². The molecular weight excluding hydrogens is 230 g/mol. The van der Waals surface area contributed by atoms with Crippen LogP contribution in [0.15, 0.2) is 16.9 Å². The van der Waals surface area contributed by atoms with Crippen molar-refractivity contribution < 1.29 is 4.79 Å². The number of aromatic nitrogens is 1. The van der Waals surface area contributed by atoms with E-state index in [-0.39, 0.29) is 22.6 Å². The van der Waals surface area contributed by atoms with E-state index in [9.17, 15) is 9.59 Å². The van der Waals surface area contributed by atoms with Crippen LogP contribution in [-0.2, 0) is 5.41 Å². The number of hydrogen-bond donors (Lipinski definition) is 2. The molecule has 0 aliphatic heterocycles. The molecule has 0 atom stereocenters. The standard InChI is InChI=1S/C13H21N3O2/c1-8(2)16-10(13(3,4)5)7-6-9(12(16)18)11(17)15-14/h6-8H,14H2,1-5H3,(H,15,17). The van der Waals surface area contributed by atoms with Crippen LogP contribution in [0.25, 0.3) is 0 Å². The van der Waals surface area contributed by atoms with Crippen LogP contribution in [0.1, 0.15) is 56.7 Å². The first kappa shape index (κ1) is 14.4. The topological polar surface area (TPSA) is 77.1 Å². The number of carbonyl (C=O) groups is 1. The molecule has 0 saturated carbocycles.